The van der Waals surface area contributed by atoms with Crippen molar-refractivity contribution in [2.45, 2.75) is 20.0 Å². The summed E-state index contributed by atoms with van der Waals surface area (Å²) in [5.41, 5.74) is 3.73. The van der Waals surface area contributed by atoms with Crippen molar-refractivity contribution in [2.24, 2.45) is 0 Å². The lowest BCUT2D eigenvalue weighted by molar-refractivity contribution is 0.461. The molecular formula is C17H20N4O2S. The summed E-state index contributed by atoms with van der Waals surface area (Å²) in [5.74, 6) is -0.0112. The minimum absolute atomic E-state index is 0.0112. The van der Waals surface area contributed by atoms with Gasteiger partial charge in [-0.15, -0.1) is 5.10 Å². The van der Waals surface area contributed by atoms with Crippen LogP contribution in [-0.4, -0.2) is 40.5 Å². The Kier molecular flexibility index (Phi) is 4.64. The average molecular weight is 344 g/mol. The van der Waals surface area contributed by atoms with E-state index in [-0.39, 0.29) is 12.3 Å². The van der Waals surface area contributed by atoms with Gasteiger partial charge in [0.25, 0.3) is 0 Å². The minimum atomic E-state index is -3.37. The second kappa shape index (κ2) is 6.70. The average Bonchev–Trinajstić information content (AvgIpc) is 2.98. The topological polar surface area (TPSA) is 68.1 Å². The zero-order valence-electron chi connectivity index (χ0n) is 13.8. The SMILES string of the molecule is Cc1ccc(CN(C)S(=O)(=O)CCn2nnc3ccccc32)cc1. The van der Waals surface area contributed by atoms with Crippen LogP contribution in [0.15, 0.2) is 48.5 Å². The van der Waals surface area contributed by atoms with Gasteiger partial charge in [-0.2, -0.15) is 0 Å². The van der Waals surface area contributed by atoms with E-state index in [1.165, 1.54) is 4.31 Å². The number of rotatable bonds is 6. The molecule has 6 nitrogen and oxygen atoms in total. The predicted molar refractivity (Wildman–Crippen MR) is 94.0 cm³/mol. The lowest BCUT2D eigenvalue weighted by Gasteiger charge is -2.17. The van der Waals surface area contributed by atoms with E-state index >= 15 is 0 Å². The van der Waals surface area contributed by atoms with Crippen molar-refractivity contribution in [1.82, 2.24) is 19.3 Å². The number of aromatic nitrogens is 3. The fraction of sp³-hybridized carbons (Fsp3) is 0.294. The zero-order valence-corrected chi connectivity index (χ0v) is 14.6. The molecular weight excluding hydrogens is 324 g/mol. The molecule has 3 aromatic rings. The molecule has 0 fully saturated rings. The molecule has 0 saturated carbocycles. The number of benzene rings is 2. The molecule has 126 valence electrons. The molecule has 0 aliphatic rings. The Morgan fingerprint density at radius 2 is 1.79 bits per heavy atom. The van der Waals surface area contributed by atoms with Crippen molar-refractivity contribution in [3.8, 4) is 0 Å². The number of sulfonamides is 1. The monoisotopic (exact) mass is 344 g/mol. The Morgan fingerprint density at radius 1 is 1.08 bits per heavy atom. The molecule has 1 heterocycles. The van der Waals surface area contributed by atoms with E-state index in [1.807, 2.05) is 55.5 Å². The van der Waals surface area contributed by atoms with Gasteiger partial charge in [0.1, 0.15) is 5.52 Å². The number of aryl methyl sites for hydroxylation is 2. The summed E-state index contributed by atoms with van der Waals surface area (Å²) < 4.78 is 28.0. The van der Waals surface area contributed by atoms with E-state index in [0.717, 1.165) is 22.2 Å². The Hall–Kier alpha value is -2.25. The third-order valence-electron chi connectivity index (χ3n) is 3.98. The maximum atomic E-state index is 12.5. The standard InChI is InChI=1S/C17H20N4O2S/c1-14-7-9-15(10-8-14)13-20(2)24(22,23)12-11-21-17-6-4-3-5-16(17)18-19-21/h3-10H,11-13H2,1-2H3. The summed E-state index contributed by atoms with van der Waals surface area (Å²) in [6, 6.07) is 15.4. The van der Waals surface area contributed by atoms with Crippen LogP contribution in [-0.2, 0) is 23.1 Å². The molecule has 0 unspecified atom stereocenters. The summed E-state index contributed by atoms with van der Waals surface area (Å²) >= 11 is 0. The molecule has 0 saturated heterocycles. The molecule has 1 aromatic heterocycles. The Morgan fingerprint density at radius 3 is 2.54 bits per heavy atom. The summed E-state index contributed by atoms with van der Waals surface area (Å²) in [6.45, 7) is 2.65. The van der Waals surface area contributed by atoms with E-state index in [9.17, 15) is 8.42 Å². The molecule has 0 bridgehead atoms. The normalized spacial score (nSPS) is 12.1. The van der Waals surface area contributed by atoms with Crippen LogP contribution in [0, 0.1) is 6.92 Å². The van der Waals surface area contributed by atoms with Gasteiger partial charge in [-0.25, -0.2) is 17.4 Å². The van der Waals surface area contributed by atoms with Crippen molar-refractivity contribution < 1.29 is 8.42 Å². The van der Waals surface area contributed by atoms with Crippen molar-refractivity contribution in [2.75, 3.05) is 12.8 Å². The van der Waals surface area contributed by atoms with Gasteiger partial charge in [0.2, 0.25) is 10.0 Å². The number of para-hydroxylation sites is 1. The second-order valence-corrected chi connectivity index (χ2v) is 8.05. The third kappa shape index (κ3) is 3.63. The van der Waals surface area contributed by atoms with Gasteiger partial charge < -0.3 is 0 Å². The second-order valence-electron chi connectivity index (χ2n) is 5.86. The quantitative estimate of drug-likeness (QED) is 0.687. The highest BCUT2D eigenvalue weighted by Crippen LogP contribution is 2.12. The maximum Gasteiger partial charge on any atom is 0.215 e. The highest BCUT2D eigenvalue weighted by Gasteiger charge is 2.19. The number of fused-ring (bicyclic) bond motifs is 1. The molecule has 7 heteroatoms. The van der Waals surface area contributed by atoms with E-state index in [2.05, 4.69) is 10.3 Å². The van der Waals surface area contributed by atoms with Crippen molar-refractivity contribution >= 4 is 21.1 Å². The fourth-order valence-corrected chi connectivity index (χ4v) is 3.55. The van der Waals surface area contributed by atoms with Crippen LogP contribution < -0.4 is 0 Å². The molecule has 2 aromatic carbocycles. The zero-order chi connectivity index (χ0) is 17.2. The summed E-state index contributed by atoms with van der Waals surface area (Å²) in [4.78, 5) is 0. The molecule has 0 aliphatic carbocycles. The van der Waals surface area contributed by atoms with Crippen LogP contribution in [0.4, 0.5) is 0 Å². The van der Waals surface area contributed by atoms with Gasteiger partial charge >= 0.3 is 0 Å². The first kappa shape index (κ1) is 16.6. The lowest BCUT2D eigenvalue weighted by Crippen LogP contribution is -2.30. The highest BCUT2D eigenvalue weighted by molar-refractivity contribution is 7.89. The first-order valence-corrected chi connectivity index (χ1v) is 9.34. The van der Waals surface area contributed by atoms with Gasteiger partial charge in [-0.05, 0) is 24.6 Å². The number of hydrogen-bond donors (Lipinski definition) is 0. The van der Waals surface area contributed by atoms with E-state index < -0.39 is 10.0 Å². The fourth-order valence-electron chi connectivity index (χ4n) is 2.49. The molecule has 0 radical (unpaired) electrons. The van der Waals surface area contributed by atoms with Crippen LogP contribution in [0.25, 0.3) is 11.0 Å². The van der Waals surface area contributed by atoms with Gasteiger partial charge in [0, 0.05) is 13.6 Å². The first-order valence-electron chi connectivity index (χ1n) is 7.73. The Bertz CT molecular complexity index is 933. The molecule has 24 heavy (non-hydrogen) atoms. The maximum absolute atomic E-state index is 12.5. The lowest BCUT2D eigenvalue weighted by atomic mass is 10.1. The van der Waals surface area contributed by atoms with Gasteiger partial charge in [0.05, 0.1) is 17.8 Å². The van der Waals surface area contributed by atoms with Gasteiger partial charge in [-0.1, -0.05) is 47.2 Å². The van der Waals surface area contributed by atoms with Crippen LogP contribution >= 0.6 is 0 Å². The molecule has 0 amide bonds. The molecule has 0 spiro atoms. The number of hydrogen-bond acceptors (Lipinski definition) is 4. The third-order valence-corrected chi connectivity index (χ3v) is 5.76. The van der Waals surface area contributed by atoms with Crippen LogP contribution in [0.1, 0.15) is 11.1 Å². The highest BCUT2D eigenvalue weighted by atomic mass is 32.2. The first-order chi connectivity index (χ1) is 11.5. The minimum Gasteiger partial charge on any atom is -0.244 e. The Labute approximate surface area is 141 Å². The van der Waals surface area contributed by atoms with Crippen LogP contribution in [0.2, 0.25) is 0 Å². The van der Waals surface area contributed by atoms with Gasteiger partial charge in [0.15, 0.2) is 0 Å². The van der Waals surface area contributed by atoms with Crippen LogP contribution in [0.3, 0.4) is 0 Å². The van der Waals surface area contributed by atoms with Crippen molar-refractivity contribution in [3.63, 3.8) is 0 Å². The summed E-state index contributed by atoms with van der Waals surface area (Å²) in [7, 11) is -1.76. The molecule has 3 rings (SSSR count). The Balaban J connectivity index is 1.68. The largest absolute Gasteiger partial charge is 0.244 e. The van der Waals surface area contributed by atoms with E-state index in [0.29, 0.717) is 6.54 Å². The van der Waals surface area contributed by atoms with Crippen molar-refractivity contribution in [1.29, 1.82) is 0 Å². The van der Waals surface area contributed by atoms with Gasteiger partial charge in [-0.3, -0.25) is 0 Å². The van der Waals surface area contributed by atoms with Crippen molar-refractivity contribution in [3.05, 3.63) is 59.7 Å². The van der Waals surface area contributed by atoms with E-state index in [1.54, 1.807) is 11.7 Å². The summed E-state index contributed by atoms with van der Waals surface area (Å²) in [6.07, 6.45) is 0. The van der Waals surface area contributed by atoms with Crippen LogP contribution in [0.5, 0.6) is 0 Å². The smallest absolute Gasteiger partial charge is 0.215 e. The number of nitrogens with zero attached hydrogens (tertiary/aromatic N) is 4. The predicted octanol–water partition coefficient (Wildman–Crippen LogP) is 2.20. The molecule has 0 aliphatic heterocycles. The summed E-state index contributed by atoms with van der Waals surface area (Å²) in [5, 5.41) is 8.08. The molecule has 0 atom stereocenters. The van der Waals surface area contributed by atoms with E-state index in [4.69, 9.17) is 0 Å². The molecule has 0 N–H and O–H groups in total.